The van der Waals surface area contributed by atoms with E-state index in [1.165, 1.54) is 11.8 Å². The summed E-state index contributed by atoms with van der Waals surface area (Å²) in [6, 6.07) is 21.2. The zero-order valence-electron chi connectivity index (χ0n) is 16.1. The van der Waals surface area contributed by atoms with Crippen LogP contribution >= 0.6 is 24.0 Å². The number of rotatable bonds is 5. The molecule has 3 heterocycles. The molecule has 0 bridgehead atoms. The van der Waals surface area contributed by atoms with Crippen molar-refractivity contribution in [1.29, 1.82) is 0 Å². The van der Waals surface area contributed by atoms with Crippen LogP contribution in [0.2, 0.25) is 0 Å². The first kappa shape index (κ1) is 19.4. The average Bonchev–Trinajstić information content (AvgIpc) is 3.54. The van der Waals surface area contributed by atoms with Crippen molar-refractivity contribution in [2.75, 3.05) is 0 Å². The number of benzene rings is 2. The standard InChI is InChI=1S/C22H15N5O2S2/c28-21-19(31-22(30)27(21)13-14-4-2-1-3-5-14)12-17-10-11-18(29-17)15-6-8-16(9-7-15)20-23-25-26-24-20/h1-12H,13H2,(H,23,24,25,26). The molecule has 4 aromatic rings. The van der Waals surface area contributed by atoms with Crippen molar-refractivity contribution < 1.29 is 9.21 Å². The largest absolute Gasteiger partial charge is 0.457 e. The number of aromatic nitrogens is 4. The lowest BCUT2D eigenvalue weighted by Gasteiger charge is -2.14. The van der Waals surface area contributed by atoms with Crippen molar-refractivity contribution in [3.63, 3.8) is 0 Å². The van der Waals surface area contributed by atoms with Crippen molar-refractivity contribution in [3.05, 3.63) is 83.0 Å². The summed E-state index contributed by atoms with van der Waals surface area (Å²) in [7, 11) is 0. The van der Waals surface area contributed by atoms with Crippen molar-refractivity contribution in [2.45, 2.75) is 6.54 Å². The Bertz CT molecular complexity index is 1270. The van der Waals surface area contributed by atoms with Crippen LogP contribution in [-0.4, -0.2) is 35.8 Å². The van der Waals surface area contributed by atoms with E-state index in [1.54, 1.807) is 11.0 Å². The number of tetrazole rings is 1. The van der Waals surface area contributed by atoms with Crippen molar-refractivity contribution in [1.82, 2.24) is 25.5 Å². The van der Waals surface area contributed by atoms with Gasteiger partial charge in [-0.3, -0.25) is 9.69 Å². The number of H-pyrrole nitrogens is 1. The molecule has 1 amide bonds. The smallest absolute Gasteiger partial charge is 0.266 e. The van der Waals surface area contributed by atoms with Gasteiger partial charge in [0.1, 0.15) is 15.8 Å². The van der Waals surface area contributed by atoms with E-state index < -0.39 is 0 Å². The topological polar surface area (TPSA) is 87.9 Å². The predicted molar refractivity (Wildman–Crippen MR) is 122 cm³/mol. The van der Waals surface area contributed by atoms with E-state index in [4.69, 9.17) is 16.6 Å². The molecule has 1 saturated heterocycles. The first-order chi connectivity index (χ1) is 15.2. The minimum Gasteiger partial charge on any atom is -0.457 e. The molecule has 0 unspecified atom stereocenters. The summed E-state index contributed by atoms with van der Waals surface area (Å²) >= 11 is 6.71. The van der Waals surface area contributed by atoms with Crippen LogP contribution in [-0.2, 0) is 11.3 Å². The summed E-state index contributed by atoms with van der Waals surface area (Å²) in [6.07, 6.45) is 1.74. The molecule has 1 N–H and O–H groups in total. The Morgan fingerprint density at radius 2 is 1.81 bits per heavy atom. The first-order valence-electron chi connectivity index (χ1n) is 9.41. The fourth-order valence-electron chi connectivity index (χ4n) is 3.19. The molecule has 2 aromatic carbocycles. The van der Waals surface area contributed by atoms with E-state index in [2.05, 4.69) is 20.6 Å². The minimum atomic E-state index is -0.109. The Labute approximate surface area is 187 Å². The minimum absolute atomic E-state index is 0.109. The average molecular weight is 446 g/mol. The lowest BCUT2D eigenvalue weighted by molar-refractivity contribution is -0.122. The number of nitrogens with zero attached hydrogens (tertiary/aromatic N) is 4. The van der Waals surface area contributed by atoms with E-state index in [1.807, 2.05) is 66.7 Å². The molecule has 0 radical (unpaired) electrons. The number of aromatic amines is 1. The summed E-state index contributed by atoms with van der Waals surface area (Å²) in [5.74, 6) is 1.79. The molecule has 5 rings (SSSR count). The second-order valence-electron chi connectivity index (χ2n) is 6.78. The Balaban J connectivity index is 1.33. The molecule has 1 fully saturated rings. The molecule has 7 nitrogen and oxygen atoms in total. The molecule has 0 aliphatic carbocycles. The molecule has 2 aromatic heterocycles. The maximum absolute atomic E-state index is 12.8. The first-order valence-corrected chi connectivity index (χ1v) is 10.6. The van der Waals surface area contributed by atoms with Gasteiger partial charge in [0.25, 0.3) is 5.91 Å². The zero-order valence-corrected chi connectivity index (χ0v) is 17.7. The maximum Gasteiger partial charge on any atom is 0.266 e. The summed E-state index contributed by atoms with van der Waals surface area (Å²) in [5, 5.41) is 13.8. The highest BCUT2D eigenvalue weighted by Crippen LogP contribution is 2.34. The number of amides is 1. The molecular weight excluding hydrogens is 430 g/mol. The second kappa shape index (κ2) is 8.29. The normalized spacial score (nSPS) is 15.2. The number of hydrogen-bond acceptors (Lipinski definition) is 7. The summed E-state index contributed by atoms with van der Waals surface area (Å²) in [6.45, 7) is 0.458. The van der Waals surface area contributed by atoms with Gasteiger partial charge in [-0.2, -0.15) is 0 Å². The van der Waals surface area contributed by atoms with Gasteiger partial charge < -0.3 is 4.42 Å². The van der Waals surface area contributed by atoms with Gasteiger partial charge in [-0.05, 0) is 28.1 Å². The van der Waals surface area contributed by atoms with Gasteiger partial charge >= 0.3 is 0 Å². The molecule has 1 aliphatic heterocycles. The van der Waals surface area contributed by atoms with E-state index in [0.717, 1.165) is 16.7 Å². The third kappa shape index (κ3) is 4.05. The van der Waals surface area contributed by atoms with Crippen molar-refractivity contribution in [3.8, 4) is 22.7 Å². The highest BCUT2D eigenvalue weighted by atomic mass is 32.2. The number of carbonyl (C=O) groups excluding carboxylic acids is 1. The van der Waals surface area contributed by atoms with Crippen LogP contribution in [0.1, 0.15) is 11.3 Å². The summed E-state index contributed by atoms with van der Waals surface area (Å²) in [4.78, 5) is 15.0. The van der Waals surface area contributed by atoms with Crippen LogP contribution in [0.15, 0.2) is 76.1 Å². The van der Waals surface area contributed by atoms with Crippen LogP contribution in [0.4, 0.5) is 0 Å². The Kier molecular flexibility index (Phi) is 5.19. The van der Waals surface area contributed by atoms with Gasteiger partial charge in [-0.15, -0.1) is 5.10 Å². The van der Waals surface area contributed by atoms with Gasteiger partial charge in [0, 0.05) is 17.2 Å². The number of thiocarbonyl (C=S) groups is 1. The number of nitrogens with one attached hydrogen (secondary N) is 1. The van der Waals surface area contributed by atoms with E-state index >= 15 is 0 Å². The molecule has 1 aliphatic rings. The summed E-state index contributed by atoms with van der Waals surface area (Å²) in [5.41, 5.74) is 2.82. The van der Waals surface area contributed by atoms with Crippen molar-refractivity contribution in [2.24, 2.45) is 0 Å². The number of hydrogen-bond donors (Lipinski definition) is 1. The van der Waals surface area contributed by atoms with Crippen LogP contribution < -0.4 is 0 Å². The van der Waals surface area contributed by atoms with Gasteiger partial charge in [0.15, 0.2) is 5.82 Å². The second-order valence-corrected chi connectivity index (χ2v) is 8.46. The zero-order chi connectivity index (χ0) is 21.2. The molecule has 31 heavy (non-hydrogen) atoms. The SMILES string of the molecule is O=C1C(=Cc2ccc(-c3ccc(-c4nnn[nH]4)cc3)o2)SC(=S)N1Cc1ccccc1. The fourth-order valence-corrected chi connectivity index (χ4v) is 4.43. The maximum atomic E-state index is 12.8. The van der Waals surface area contributed by atoms with Crippen LogP contribution in [0.25, 0.3) is 28.8 Å². The lowest BCUT2D eigenvalue weighted by Crippen LogP contribution is -2.27. The molecule has 152 valence electrons. The fraction of sp³-hybridized carbons (Fsp3) is 0.0455. The Morgan fingerprint density at radius 3 is 2.55 bits per heavy atom. The number of carbonyl (C=O) groups is 1. The van der Waals surface area contributed by atoms with Crippen LogP contribution in [0.5, 0.6) is 0 Å². The van der Waals surface area contributed by atoms with Gasteiger partial charge in [-0.25, -0.2) is 5.10 Å². The quantitative estimate of drug-likeness (QED) is 0.357. The van der Waals surface area contributed by atoms with Crippen molar-refractivity contribution >= 4 is 40.3 Å². The Hall–Kier alpha value is -3.56. The van der Waals surface area contributed by atoms with Gasteiger partial charge in [0.05, 0.1) is 11.4 Å². The predicted octanol–water partition coefficient (Wildman–Crippen LogP) is 4.53. The summed E-state index contributed by atoms with van der Waals surface area (Å²) < 4.78 is 6.49. The molecular formula is C22H15N5O2S2. The lowest BCUT2D eigenvalue weighted by atomic mass is 10.1. The number of thioether (sulfide) groups is 1. The third-order valence-electron chi connectivity index (χ3n) is 4.75. The molecule has 0 atom stereocenters. The molecule has 0 saturated carbocycles. The highest BCUT2D eigenvalue weighted by molar-refractivity contribution is 8.26. The van der Waals surface area contributed by atoms with Gasteiger partial charge in [-0.1, -0.05) is 78.6 Å². The number of furan rings is 1. The van der Waals surface area contributed by atoms with Gasteiger partial charge in [0.2, 0.25) is 0 Å². The van der Waals surface area contributed by atoms with Crippen LogP contribution in [0.3, 0.4) is 0 Å². The molecule has 0 spiro atoms. The van der Waals surface area contributed by atoms with E-state index in [0.29, 0.717) is 33.1 Å². The van der Waals surface area contributed by atoms with E-state index in [9.17, 15) is 4.79 Å². The monoisotopic (exact) mass is 445 g/mol. The third-order valence-corrected chi connectivity index (χ3v) is 6.12. The Morgan fingerprint density at radius 1 is 1.03 bits per heavy atom. The molecule has 9 heteroatoms. The van der Waals surface area contributed by atoms with E-state index in [-0.39, 0.29) is 5.91 Å². The van der Waals surface area contributed by atoms with Crippen LogP contribution in [0, 0.1) is 0 Å². The highest BCUT2D eigenvalue weighted by Gasteiger charge is 2.32.